The molecule has 0 rings (SSSR count). The molecule has 1 amide bonds. The summed E-state index contributed by atoms with van der Waals surface area (Å²) >= 11 is 0. The van der Waals surface area contributed by atoms with Crippen LogP contribution in [0.1, 0.15) is 27.7 Å². The molecule has 1 unspecified atom stereocenters. The topological polar surface area (TPSA) is 50.4 Å². The van der Waals surface area contributed by atoms with Gasteiger partial charge in [-0.3, -0.25) is 4.79 Å². The minimum absolute atomic E-state index is 0.0104. The maximum atomic E-state index is 13.9. The van der Waals surface area contributed by atoms with Crippen LogP contribution in [0.15, 0.2) is 0 Å². The van der Waals surface area contributed by atoms with Crippen LogP contribution in [0, 0.1) is 5.92 Å². The summed E-state index contributed by atoms with van der Waals surface area (Å²) in [6.07, 6.45) is -1.22. The summed E-state index contributed by atoms with van der Waals surface area (Å²) in [7, 11) is 1.81. The van der Waals surface area contributed by atoms with Gasteiger partial charge in [0.25, 0.3) is 0 Å². The van der Waals surface area contributed by atoms with Gasteiger partial charge < -0.3 is 15.4 Å². The molecule has 0 spiro atoms. The number of amides is 1. The highest BCUT2D eigenvalue weighted by Crippen LogP contribution is 2.17. The number of nitrogens with one attached hydrogen (secondary N) is 2. The molecule has 102 valence electrons. The van der Waals surface area contributed by atoms with E-state index in [-0.39, 0.29) is 18.4 Å². The van der Waals surface area contributed by atoms with E-state index in [9.17, 15) is 9.18 Å². The van der Waals surface area contributed by atoms with Gasteiger partial charge in [0.1, 0.15) is 6.17 Å². The molecule has 0 saturated heterocycles. The summed E-state index contributed by atoms with van der Waals surface area (Å²) in [6, 6.07) is 0. The van der Waals surface area contributed by atoms with E-state index >= 15 is 0 Å². The second-order valence-corrected chi connectivity index (χ2v) is 4.92. The molecular formula is C12H25FN2O2. The molecule has 0 aliphatic rings. The van der Waals surface area contributed by atoms with Crippen LogP contribution in [0.5, 0.6) is 0 Å². The van der Waals surface area contributed by atoms with Gasteiger partial charge in [0.15, 0.2) is 0 Å². The number of alkyl halides is 1. The SMILES string of the molecule is CNCCOC(C)(C)C(F)CNC(=O)C(C)C. The fourth-order valence-electron chi connectivity index (χ4n) is 1.15. The standard InChI is InChI=1S/C12H25FN2O2/c1-9(2)11(16)15-8-10(13)12(3,4)17-7-6-14-5/h9-10,14H,6-8H2,1-5H3,(H,15,16). The first-order chi connectivity index (χ1) is 7.81. The maximum Gasteiger partial charge on any atom is 0.222 e. The van der Waals surface area contributed by atoms with E-state index in [1.54, 1.807) is 27.7 Å². The number of likely N-dealkylation sites (N-methyl/N-ethyl adjacent to an activating group) is 1. The Balaban J connectivity index is 4.01. The van der Waals surface area contributed by atoms with Crippen molar-refractivity contribution in [3.05, 3.63) is 0 Å². The molecule has 0 fully saturated rings. The number of carbonyl (C=O) groups excluding carboxylic acids is 1. The number of carbonyl (C=O) groups is 1. The van der Waals surface area contributed by atoms with E-state index in [2.05, 4.69) is 10.6 Å². The summed E-state index contributed by atoms with van der Waals surface area (Å²) in [5.74, 6) is -0.269. The predicted octanol–water partition coefficient (Wildman–Crippen LogP) is 1.11. The van der Waals surface area contributed by atoms with Crippen LogP contribution < -0.4 is 10.6 Å². The Labute approximate surface area is 103 Å². The lowest BCUT2D eigenvalue weighted by molar-refractivity contribution is -0.125. The maximum absolute atomic E-state index is 13.9. The molecule has 0 aromatic carbocycles. The average molecular weight is 248 g/mol. The smallest absolute Gasteiger partial charge is 0.222 e. The van der Waals surface area contributed by atoms with Crippen molar-refractivity contribution in [1.82, 2.24) is 10.6 Å². The molecule has 0 bridgehead atoms. The molecule has 0 saturated carbocycles. The largest absolute Gasteiger partial charge is 0.371 e. The van der Waals surface area contributed by atoms with E-state index < -0.39 is 11.8 Å². The van der Waals surface area contributed by atoms with Gasteiger partial charge >= 0.3 is 0 Å². The summed E-state index contributed by atoms with van der Waals surface area (Å²) in [4.78, 5) is 11.3. The quantitative estimate of drug-likeness (QED) is 0.633. The Morgan fingerprint density at radius 3 is 2.47 bits per heavy atom. The lowest BCUT2D eigenvalue weighted by Crippen LogP contribution is -2.45. The van der Waals surface area contributed by atoms with Crippen LogP contribution in [0.2, 0.25) is 0 Å². The number of rotatable bonds is 8. The first kappa shape index (κ1) is 16.3. The molecule has 0 aliphatic heterocycles. The van der Waals surface area contributed by atoms with Crippen molar-refractivity contribution in [2.24, 2.45) is 5.92 Å². The van der Waals surface area contributed by atoms with Crippen molar-refractivity contribution >= 4 is 5.91 Å². The van der Waals surface area contributed by atoms with Crippen molar-refractivity contribution in [3.8, 4) is 0 Å². The van der Waals surface area contributed by atoms with Crippen molar-refractivity contribution in [3.63, 3.8) is 0 Å². The second-order valence-electron chi connectivity index (χ2n) is 4.92. The lowest BCUT2D eigenvalue weighted by atomic mass is 10.0. The molecule has 0 aromatic heterocycles. The Kier molecular flexibility index (Phi) is 7.30. The van der Waals surface area contributed by atoms with Gasteiger partial charge in [-0.05, 0) is 20.9 Å². The first-order valence-corrected chi connectivity index (χ1v) is 6.01. The van der Waals surface area contributed by atoms with Crippen LogP contribution in [-0.2, 0) is 9.53 Å². The van der Waals surface area contributed by atoms with Gasteiger partial charge in [-0.25, -0.2) is 4.39 Å². The molecule has 17 heavy (non-hydrogen) atoms. The van der Waals surface area contributed by atoms with E-state index in [4.69, 9.17) is 4.74 Å². The zero-order chi connectivity index (χ0) is 13.5. The van der Waals surface area contributed by atoms with Crippen molar-refractivity contribution in [1.29, 1.82) is 0 Å². The molecule has 2 N–H and O–H groups in total. The zero-order valence-corrected chi connectivity index (χ0v) is 11.5. The fraction of sp³-hybridized carbons (Fsp3) is 0.917. The fourth-order valence-corrected chi connectivity index (χ4v) is 1.15. The summed E-state index contributed by atoms with van der Waals surface area (Å²) in [6.45, 7) is 8.04. The second kappa shape index (κ2) is 7.61. The number of ether oxygens (including phenoxy) is 1. The van der Waals surface area contributed by atoms with Gasteiger partial charge in [-0.1, -0.05) is 13.8 Å². The molecule has 0 heterocycles. The van der Waals surface area contributed by atoms with Crippen LogP contribution in [0.3, 0.4) is 0 Å². The minimum atomic E-state index is -1.22. The Bertz CT molecular complexity index is 233. The van der Waals surface area contributed by atoms with E-state index in [0.29, 0.717) is 13.2 Å². The molecule has 4 nitrogen and oxygen atoms in total. The van der Waals surface area contributed by atoms with Gasteiger partial charge in [0, 0.05) is 12.5 Å². The third kappa shape index (κ3) is 6.58. The third-order valence-electron chi connectivity index (χ3n) is 2.56. The normalized spacial score (nSPS) is 13.8. The van der Waals surface area contributed by atoms with E-state index in [1.807, 2.05) is 7.05 Å². The number of hydrogen-bond acceptors (Lipinski definition) is 3. The zero-order valence-electron chi connectivity index (χ0n) is 11.5. The molecule has 1 atom stereocenters. The monoisotopic (exact) mass is 248 g/mol. The third-order valence-corrected chi connectivity index (χ3v) is 2.56. The molecular weight excluding hydrogens is 223 g/mol. The highest BCUT2D eigenvalue weighted by Gasteiger charge is 2.30. The Hall–Kier alpha value is -0.680. The minimum Gasteiger partial charge on any atom is -0.371 e. The first-order valence-electron chi connectivity index (χ1n) is 6.01. The Morgan fingerprint density at radius 2 is 2.00 bits per heavy atom. The van der Waals surface area contributed by atoms with Gasteiger partial charge in [0.2, 0.25) is 5.91 Å². The molecule has 0 radical (unpaired) electrons. The molecule has 5 heteroatoms. The average Bonchev–Trinajstić information content (AvgIpc) is 2.25. The number of hydrogen-bond donors (Lipinski definition) is 2. The Morgan fingerprint density at radius 1 is 1.41 bits per heavy atom. The van der Waals surface area contributed by atoms with Crippen LogP contribution in [0.25, 0.3) is 0 Å². The van der Waals surface area contributed by atoms with E-state index in [1.165, 1.54) is 0 Å². The van der Waals surface area contributed by atoms with E-state index in [0.717, 1.165) is 0 Å². The summed E-state index contributed by atoms with van der Waals surface area (Å²) < 4.78 is 19.3. The van der Waals surface area contributed by atoms with Crippen LogP contribution in [0.4, 0.5) is 4.39 Å². The molecule has 0 aliphatic carbocycles. The highest BCUT2D eigenvalue weighted by molar-refractivity contribution is 5.77. The van der Waals surface area contributed by atoms with Crippen LogP contribution >= 0.6 is 0 Å². The summed E-state index contributed by atoms with van der Waals surface area (Å²) in [5, 5.41) is 5.50. The lowest BCUT2D eigenvalue weighted by Gasteiger charge is -2.29. The number of halogens is 1. The van der Waals surface area contributed by atoms with Crippen molar-refractivity contribution < 1.29 is 13.9 Å². The summed E-state index contributed by atoms with van der Waals surface area (Å²) in [5.41, 5.74) is -0.888. The van der Waals surface area contributed by atoms with Gasteiger partial charge in [-0.15, -0.1) is 0 Å². The highest BCUT2D eigenvalue weighted by atomic mass is 19.1. The predicted molar refractivity (Wildman–Crippen MR) is 66.7 cm³/mol. The molecule has 0 aromatic rings. The van der Waals surface area contributed by atoms with Crippen LogP contribution in [-0.4, -0.2) is 44.4 Å². The van der Waals surface area contributed by atoms with Crippen molar-refractivity contribution in [2.75, 3.05) is 26.7 Å². The van der Waals surface area contributed by atoms with Crippen molar-refractivity contribution in [2.45, 2.75) is 39.5 Å². The van der Waals surface area contributed by atoms with Gasteiger partial charge in [0.05, 0.1) is 18.8 Å². The van der Waals surface area contributed by atoms with Gasteiger partial charge in [-0.2, -0.15) is 0 Å².